The van der Waals surface area contributed by atoms with E-state index in [2.05, 4.69) is 56.3 Å². The van der Waals surface area contributed by atoms with Crippen LogP contribution >= 0.6 is 0 Å². The maximum atomic E-state index is 10.6. The van der Waals surface area contributed by atoms with Gasteiger partial charge in [-0.2, -0.15) is 0 Å². The molecular weight excluding hydrogens is 256 g/mol. The second-order valence-electron chi connectivity index (χ2n) is 5.71. The van der Waals surface area contributed by atoms with Gasteiger partial charge in [-0.15, -0.1) is 0 Å². The van der Waals surface area contributed by atoms with Crippen LogP contribution in [0.15, 0.2) is 60.7 Å². The van der Waals surface area contributed by atoms with Gasteiger partial charge in [0.05, 0.1) is 6.10 Å². The molecule has 0 aliphatic heterocycles. The lowest BCUT2D eigenvalue weighted by Crippen LogP contribution is -2.06. The molecule has 0 amide bonds. The van der Waals surface area contributed by atoms with Crippen LogP contribution in [0.5, 0.6) is 0 Å². The molecule has 0 aromatic heterocycles. The quantitative estimate of drug-likeness (QED) is 0.733. The lowest BCUT2D eigenvalue weighted by molar-refractivity contribution is 0.177. The van der Waals surface area contributed by atoms with E-state index in [0.717, 1.165) is 16.7 Å². The molecule has 0 bridgehead atoms. The largest absolute Gasteiger partial charge is 0.388 e. The van der Waals surface area contributed by atoms with Gasteiger partial charge in [0.2, 0.25) is 0 Å². The van der Waals surface area contributed by atoms with E-state index in [-0.39, 0.29) is 0 Å². The summed E-state index contributed by atoms with van der Waals surface area (Å²) < 4.78 is 0. The minimum Gasteiger partial charge on any atom is -0.388 e. The SMILES string of the molecule is Cc1cccc(C)c1C(O)Cc1ccc2ccccc2c1. The number of aryl methyl sites for hydroxylation is 2. The number of hydrogen-bond acceptors (Lipinski definition) is 1. The van der Waals surface area contributed by atoms with Crippen molar-refractivity contribution >= 4 is 10.8 Å². The van der Waals surface area contributed by atoms with E-state index in [1.807, 2.05) is 18.2 Å². The van der Waals surface area contributed by atoms with Crippen LogP contribution in [-0.4, -0.2) is 5.11 Å². The molecule has 0 fully saturated rings. The summed E-state index contributed by atoms with van der Waals surface area (Å²) in [6.07, 6.45) is 0.198. The monoisotopic (exact) mass is 276 g/mol. The van der Waals surface area contributed by atoms with Crippen molar-refractivity contribution in [2.45, 2.75) is 26.4 Å². The van der Waals surface area contributed by atoms with Crippen LogP contribution in [0, 0.1) is 13.8 Å². The molecule has 0 spiro atoms. The fourth-order valence-corrected chi connectivity index (χ4v) is 3.04. The average Bonchev–Trinajstić information content (AvgIpc) is 2.47. The Hall–Kier alpha value is -2.12. The number of hydrogen-bond donors (Lipinski definition) is 1. The highest BCUT2D eigenvalue weighted by Crippen LogP contribution is 2.26. The van der Waals surface area contributed by atoms with Gasteiger partial charge in [0.25, 0.3) is 0 Å². The minimum absolute atomic E-state index is 0.452. The average molecular weight is 276 g/mol. The van der Waals surface area contributed by atoms with E-state index in [4.69, 9.17) is 0 Å². The van der Waals surface area contributed by atoms with Crippen LogP contribution in [0.4, 0.5) is 0 Å². The third-order valence-corrected chi connectivity index (χ3v) is 4.12. The second kappa shape index (κ2) is 5.71. The lowest BCUT2D eigenvalue weighted by Gasteiger charge is -2.17. The van der Waals surface area contributed by atoms with Gasteiger partial charge in [0, 0.05) is 6.42 Å². The summed E-state index contributed by atoms with van der Waals surface area (Å²) in [5.41, 5.74) is 4.54. The highest BCUT2D eigenvalue weighted by molar-refractivity contribution is 5.83. The van der Waals surface area contributed by atoms with Gasteiger partial charge in [-0.05, 0) is 46.9 Å². The second-order valence-corrected chi connectivity index (χ2v) is 5.71. The number of benzene rings is 3. The molecule has 21 heavy (non-hydrogen) atoms. The minimum atomic E-state index is -0.452. The first-order valence-electron chi connectivity index (χ1n) is 7.37. The van der Waals surface area contributed by atoms with Crippen molar-refractivity contribution in [3.05, 3.63) is 82.9 Å². The molecule has 1 nitrogen and oxygen atoms in total. The van der Waals surface area contributed by atoms with Crippen molar-refractivity contribution in [3.63, 3.8) is 0 Å². The van der Waals surface area contributed by atoms with Crippen molar-refractivity contribution in [1.29, 1.82) is 0 Å². The normalized spacial score (nSPS) is 12.5. The molecule has 1 unspecified atom stereocenters. The molecule has 106 valence electrons. The highest BCUT2D eigenvalue weighted by atomic mass is 16.3. The maximum absolute atomic E-state index is 10.6. The van der Waals surface area contributed by atoms with Crippen molar-refractivity contribution < 1.29 is 5.11 Å². The third kappa shape index (κ3) is 2.84. The first-order valence-corrected chi connectivity index (χ1v) is 7.37. The zero-order chi connectivity index (χ0) is 14.8. The summed E-state index contributed by atoms with van der Waals surface area (Å²) in [7, 11) is 0. The van der Waals surface area contributed by atoms with Crippen LogP contribution in [0.1, 0.15) is 28.4 Å². The molecule has 1 heteroatoms. The number of aliphatic hydroxyl groups is 1. The number of aliphatic hydroxyl groups excluding tert-OH is 1. The number of rotatable bonds is 3. The topological polar surface area (TPSA) is 20.2 Å². The highest BCUT2D eigenvalue weighted by Gasteiger charge is 2.13. The standard InChI is InChI=1S/C20H20O/c1-14-6-5-7-15(2)20(14)19(21)13-16-10-11-17-8-3-4-9-18(17)12-16/h3-12,19,21H,13H2,1-2H3. The van der Waals surface area contributed by atoms with Crippen LogP contribution < -0.4 is 0 Å². The Kier molecular flexibility index (Phi) is 3.76. The van der Waals surface area contributed by atoms with E-state index >= 15 is 0 Å². The van der Waals surface area contributed by atoms with Crippen molar-refractivity contribution in [3.8, 4) is 0 Å². The van der Waals surface area contributed by atoms with Crippen molar-refractivity contribution in [2.24, 2.45) is 0 Å². The zero-order valence-corrected chi connectivity index (χ0v) is 12.5. The van der Waals surface area contributed by atoms with E-state index in [0.29, 0.717) is 6.42 Å². The van der Waals surface area contributed by atoms with Gasteiger partial charge in [-0.25, -0.2) is 0 Å². The molecule has 0 saturated carbocycles. The van der Waals surface area contributed by atoms with E-state index in [1.165, 1.54) is 16.3 Å². The van der Waals surface area contributed by atoms with Gasteiger partial charge < -0.3 is 5.11 Å². The van der Waals surface area contributed by atoms with Crippen molar-refractivity contribution in [2.75, 3.05) is 0 Å². The Morgan fingerprint density at radius 1 is 0.810 bits per heavy atom. The fraction of sp³-hybridized carbons (Fsp3) is 0.200. The fourth-order valence-electron chi connectivity index (χ4n) is 3.04. The Morgan fingerprint density at radius 2 is 1.48 bits per heavy atom. The molecule has 0 radical (unpaired) electrons. The van der Waals surface area contributed by atoms with Crippen molar-refractivity contribution in [1.82, 2.24) is 0 Å². The molecular formula is C20H20O. The van der Waals surface area contributed by atoms with E-state index in [1.54, 1.807) is 0 Å². The lowest BCUT2D eigenvalue weighted by atomic mass is 9.93. The molecule has 0 heterocycles. The zero-order valence-electron chi connectivity index (χ0n) is 12.5. The molecule has 3 aromatic rings. The summed E-state index contributed by atoms with van der Waals surface area (Å²) >= 11 is 0. The van der Waals surface area contributed by atoms with Gasteiger partial charge in [-0.3, -0.25) is 0 Å². The van der Waals surface area contributed by atoms with E-state index < -0.39 is 6.10 Å². The molecule has 1 N–H and O–H groups in total. The first-order chi connectivity index (χ1) is 10.1. The van der Waals surface area contributed by atoms with Crippen LogP contribution in [-0.2, 0) is 6.42 Å². The maximum Gasteiger partial charge on any atom is 0.0835 e. The molecule has 0 saturated heterocycles. The van der Waals surface area contributed by atoms with Gasteiger partial charge in [-0.1, -0.05) is 60.7 Å². The van der Waals surface area contributed by atoms with Crippen LogP contribution in [0.2, 0.25) is 0 Å². The Balaban J connectivity index is 1.91. The predicted molar refractivity (Wildman–Crippen MR) is 88.5 cm³/mol. The van der Waals surface area contributed by atoms with Gasteiger partial charge in [0.1, 0.15) is 0 Å². The molecule has 1 atom stereocenters. The molecule has 3 rings (SSSR count). The van der Waals surface area contributed by atoms with Gasteiger partial charge in [0.15, 0.2) is 0 Å². The number of fused-ring (bicyclic) bond motifs is 1. The summed E-state index contributed by atoms with van der Waals surface area (Å²) in [6.45, 7) is 4.12. The van der Waals surface area contributed by atoms with Gasteiger partial charge >= 0.3 is 0 Å². The molecule has 0 aliphatic rings. The summed E-state index contributed by atoms with van der Waals surface area (Å²) in [6, 6.07) is 20.9. The Labute approximate surface area is 125 Å². The van der Waals surface area contributed by atoms with Crippen LogP contribution in [0.25, 0.3) is 10.8 Å². The Bertz CT molecular complexity index is 753. The Morgan fingerprint density at radius 3 is 2.19 bits per heavy atom. The van der Waals surface area contributed by atoms with Crippen LogP contribution in [0.3, 0.4) is 0 Å². The predicted octanol–water partition coefficient (Wildman–Crippen LogP) is 4.73. The molecule has 0 aliphatic carbocycles. The summed E-state index contributed by atoms with van der Waals surface area (Å²) in [5.74, 6) is 0. The molecule has 3 aromatic carbocycles. The van der Waals surface area contributed by atoms with E-state index in [9.17, 15) is 5.11 Å². The third-order valence-electron chi connectivity index (χ3n) is 4.12. The first kappa shape index (κ1) is 13.8. The summed E-state index contributed by atoms with van der Waals surface area (Å²) in [5, 5.41) is 13.1. The summed E-state index contributed by atoms with van der Waals surface area (Å²) in [4.78, 5) is 0. The smallest absolute Gasteiger partial charge is 0.0835 e.